The summed E-state index contributed by atoms with van der Waals surface area (Å²) in [4.78, 5) is 0. The van der Waals surface area contributed by atoms with Crippen molar-refractivity contribution in [3.63, 3.8) is 0 Å². The molecule has 176 valence electrons. The van der Waals surface area contributed by atoms with Crippen LogP contribution >= 0.6 is 0 Å². The van der Waals surface area contributed by atoms with Crippen molar-refractivity contribution >= 4 is 11.4 Å². The third kappa shape index (κ3) is 3.10. The van der Waals surface area contributed by atoms with Gasteiger partial charge < -0.3 is 5.32 Å². The molecule has 4 aliphatic rings. The van der Waals surface area contributed by atoms with Crippen LogP contribution in [0.1, 0.15) is 90.2 Å². The molecular formula is C32H43N. The highest BCUT2D eigenvalue weighted by atomic mass is 14.9. The molecule has 6 rings (SSSR count). The van der Waals surface area contributed by atoms with Gasteiger partial charge in [0.2, 0.25) is 0 Å². The molecule has 4 aliphatic carbocycles. The van der Waals surface area contributed by atoms with Crippen molar-refractivity contribution in [2.45, 2.75) is 79.1 Å². The molecule has 4 fully saturated rings. The van der Waals surface area contributed by atoms with Crippen LogP contribution in [0.3, 0.4) is 0 Å². The number of anilines is 2. The SMILES string of the molecule is CC1C(c2ccc(Nc3cccc(C4C(C)C5CCC4C5(C)C)c3)cc2)C2CCC1C2(C)C. The molecular weight excluding hydrogens is 398 g/mol. The monoisotopic (exact) mass is 441 g/mol. The molecule has 2 aromatic carbocycles. The van der Waals surface area contributed by atoms with Crippen molar-refractivity contribution in [1.82, 2.24) is 0 Å². The van der Waals surface area contributed by atoms with Gasteiger partial charge in [0.05, 0.1) is 0 Å². The van der Waals surface area contributed by atoms with Gasteiger partial charge in [0.25, 0.3) is 0 Å². The Morgan fingerprint density at radius 1 is 0.606 bits per heavy atom. The molecule has 0 spiro atoms. The molecule has 0 aromatic heterocycles. The summed E-state index contributed by atoms with van der Waals surface area (Å²) in [6, 6.07) is 18.8. The van der Waals surface area contributed by atoms with E-state index in [0.717, 1.165) is 41.4 Å². The largest absolute Gasteiger partial charge is 0.356 e. The highest BCUT2D eigenvalue weighted by Gasteiger charge is 2.58. The van der Waals surface area contributed by atoms with E-state index in [9.17, 15) is 0 Å². The zero-order valence-electron chi connectivity index (χ0n) is 21.6. The molecule has 0 aliphatic heterocycles. The predicted octanol–water partition coefficient (Wildman–Crippen LogP) is 9.00. The Kier molecular flexibility index (Phi) is 4.86. The Bertz CT molecular complexity index is 1030. The number of hydrogen-bond acceptors (Lipinski definition) is 1. The molecule has 4 bridgehead atoms. The fourth-order valence-corrected chi connectivity index (χ4v) is 10.0. The molecule has 1 heteroatoms. The summed E-state index contributed by atoms with van der Waals surface area (Å²) < 4.78 is 0. The number of fused-ring (bicyclic) bond motifs is 4. The molecule has 0 saturated heterocycles. The van der Waals surface area contributed by atoms with Crippen LogP contribution in [-0.4, -0.2) is 0 Å². The van der Waals surface area contributed by atoms with E-state index in [1.54, 1.807) is 11.1 Å². The number of hydrogen-bond donors (Lipinski definition) is 1. The third-order valence-corrected chi connectivity index (χ3v) is 11.5. The maximum absolute atomic E-state index is 3.73. The van der Waals surface area contributed by atoms with Crippen molar-refractivity contribution in [2.24, 2.45) is 46.3 Å². The minimum Gasteiger partial charge on any atom is -0.356 e. The van der Waals surface area contributed by atoms with Crippen LogP contribution in [0.25, 0.3) is 0 Å². The number of nitrogens with one attached hydrogen (secondary N) is 1. The van der Waals surface area contributed by atoms with Gasteiger partial charge >= 0.3 is 0 Å². The van der Waals surface area contributed by atoms with Gasteiger partial charge in [-0.1, -0.05) is 65.8 Å². The molecule has 4 saturated carbocycles. The minimum absolute atomic E-state index is 0.495. The van der Waals surface area contributed by atoms with Gasteiger partial charge in [0.15, 0.2) is 0 Å². The van der Waals surface area contributed by atoms with Crippen LogP contribution in [0.5, 0.6) is 0 Å². The third-order valence-electron chi connectivity index (χ3n) is 11.5. The molecule has 8 atom stereocenters. The Hall–Kier alpha value is -1.76. The Balaban J connectivity index is 1.20. The second-order valence-corrected chi connectivity index (χ2v) is 13.4. The smallest absolute Gasteiger partial charge is 0.0387 e. The second-order valence-electron chi connectivity index (χ2n) is 13.4. The van der Waals surface area contributed by atoms with Gasteiger partial charge in [0.1, 0.15) is 0 Å². The lowest BCUT2D eigenvalue weighted by molar-refractivity contribution is 0.241. The average molecular weight is 442 g/mol. The topological polar surface area (TPSA) is 12.0 Å². The lowest BCUT2D eigenvalue weighted by atomic mass is 9.76. The van der Waals surface area contributed by atoms with Crippen molar-refractivity contribution in [3.05, 3.63) is 59.7 Å². The highest BCUT2D eigenvalue weighted by Crippen LogP contribution is 2.67. The Morgan fingerprint density at radius 3 is 1.64 bits per heavy atom. The highest BCUT2D eigenvalue weighted by molar-refractivity contribution is 5.61. The Labute approximate surface area is 201 Å². The summed E-state index contributed by atoms with van der Waals surface area (Å²) in [5, 5.41) is 3.73. The normalized spacial score (nSPS) is 39.8. The standard InChI is InChI=1S/C32H43N/c1-19-25-14-16-27(31(25,3)4)29(19)21-10-12-23(13-11-21)33-24-9-7-8-22(18-24)30-20(2)26-15-17-28(30)32(26,5)6/h7-13,18-20,25-30,33H,14-17H2,1-6H3. The lowest BCUT2D eigenvalue weighted by Gasteiger charge is -2.29. The van der Waals surface area contributed by atoms with Gasteiger partial charge in [0, 0.05) is 11.4 Å². The van der Waals surface area contributed by atoms with Crippen LogP contribution in [-0.2, 0) is 0 Å². The van der Waals surface area contributed by atoms with Crippen LogP contribution in [0, 0.1) is 46.3 Å². The lowest BCUT2D eigenvalue weighted by Crippen LogP contribution is -2.18. The van der Waals surface area contributed by atoms with Crippen molar-refractivity contribution in [1.29, 1.82) is 0 Å². The van der Waals surface area contributed by atoms with E-state index in [-0.39, 0.29) is 0 Å². The first-order valence-electron chi connectivity index (χ1n) is 13.7. The van der Waals surface area contributed by atoms with Crippen LogP contribution in [0.2, 0.25) is 0 Å². The molecule has 0 heterocycles. The van der Waals surface area contributed by atoms with Crippen LogP contribution < -0.4 is 5.32 Å². The van der Waals surface area contributed by atoms with Gasteiger partial charge in [-0.25, -0.2) is 0 Å². The summed E-state index contributed by atoms with van der Waals surface area (Å²) in [7, 11) is 0. The van der Waals surface area contributed by atoms with E-state index in [0.29, 0.717) is 16.7 Å². The molecule has 2 aromatic rings. The van der Waals surface area contributed by atoms with Gasteiger partial charge in [-0.3, -0.25) is 0 Å². The molecule has 1 N–H and O–H groups in total. The maximum atomic E-state index is 3.73. The quantitative estimate of drug-likeness (QED) is 0.499. The van der Waals surface area contributed by atoms with Crippen LogP contribution in [0.15, 0.2) is 48.5 Å². The zero-order valence-corrected chi connectivity index (χ0v) is 21.6. The minimum atomic E-state index is 0.495. The summed E-state index contributed by atoms with van der Waals surface area (Å²) in [6.45, 7) is 15.1. The van der Waals surface area contributed by atoms with E-state index < -0.39 is 0 Å². The fourth-order valence-electron chi connectivity index (χ4n) is 10.0. The van der Waals surface area contributed by atoms with Gasteiger partial charge in [-0.15, -0.1) is 0 Å². The van der Waals surface area contributed by atoms with Crippen LogP contribution in [0.4, 0.5) is 11.4 Å². The summed E-state index contributed by atoms with van der Waals surface area (Å²) >= 11 is 0. The van der Waals surface area contributed by atoms with Gasteiger partial charge in [-0.2, -0.15) is 0 Å². The average Bonchev–Trinajstić information content (AvgIpc) is 3.37. The van der Waals surface area contributed by atoms with E-state index in [1.165, 1.54) is 37.1 Å². The maximum Gasteiger partial charge on any atom is 0.0387 e. The van der Waals surface area contributed by atoms with Crippen molar-refractivity contribution in [2.75, 3.05) is 5.32 Å². The number of benzene rings is 2. The zero-order chi connectivity index (χ0) is 23.1. The first kappa shape index (κ1) is 21.8. The van der Waals surface area contributed by atoms with E-state index in [4.69, 9.17) is 0 Å². The fraction of sp³-hybridized carbons (Fsp3) is 0.625. The van der Waals surface area contributed by atoms with E-state index in [2.05, 4.69) is 95.4 Å². The van der Waals surface area contributed by atoms with E-state index >= 15 is 0 Å². The molecule has 1 nitrogen and oxygen atoms in total. The molecule has 8 unspecified atom stereocenters. The summed E-state index contributed by atoms with van der Waals surface area (Å²) in [5.74, 6) is 6.51. The first-order chi connectivity index (χ1) is 15.7. The first-order valence-corrected chi connectivity index (χ1v) is 13.7. The molecule has 0 radical (unpaired) electrons. The number of rotatable bonds is 4. The van der Waals surface area contributed by atoms with Crippen molar-refractivity contribution < 1.29 is 0 Å². The van der Waals surface area contributed by atoms with E-state index in [1.807, 2.05) is 0 Å². The molecule has 0 amide bonds. The second kappa shape index (κ2) is 7.37. The van der Waals surface area contributed by atoms with Gasteiger partial charge in [-0.05, 0) is 119 Å². The predicted molar refractivity (Wildman–Crippen MR) is 140 cm³/mol. The molecule has 33 heavy (non-hydrogen) atoms. The van der Waals surface area contributed by atoms with Crippen molar-refractivity contribution in [3.8, 4) is 0 Å². The Morgan fingerprint density at radius 2 is 1.12 bits per heavy atom. The summed E-state index contributed by atoms with van der Waals surface area (Å²) in [6.07, 6.45) is 5.68. The summed E-state index contributed by atoms with van der Waals surface area (Å²) in [5.41, 5.74) is 6.55.